The molecule has 6 atom stereocenters. The number of ether oxygens (including phenoxy) is 2. The number of aliphatic hydroxyl groups excluding tert-OH is 4. The van der Waals surface area contributed by atoms with Crippen LogP contribution >= 0.6 is 0 Å². The van der Waals surface area contributed by atoms with Gasteiger partial charge in [-0.05, 0) is 12.8 Å². The molecule has 1 aliphatic heterocycles. The van der Waals surface area contributed by atoms with Gasteiger partial charge >= 0.3 is 0 Å². The van der Waals surface area contributed by atoms with Gasteiger partial charge in [-0.15, -0.1) is 0 Å². The highest BCUT2D eigenvalue weighted by molar-refractivity contribution is 7.91. The van der Waals surface area contributed by atoms with Crippen molar-refractivity contribution >= 4 is 20.0 Å². The van der Waals surface area contributed by atoms with Crippen LogP contribution < -0.4 is 0 Å². The summed E-state index contributed by atoms with van der Waals surface area (Å²) < 4.78 is 68.7. The van der Waals surface area contributed by atoms with Crippen LogP contribution in [0.2, 0.25) is 0 Å². The molecular weight excluding hydrogens is 745 g/mol. The zero-order chi connectivity index (χ0) is 40.6. The summed E-state index contributed by atoms with van der Waals surface area (Å²) in [4.78, 5) is 0. The van der Waals surface area contributed by atoms with Gasteiger partial charge in [0.25, 0.3) is 10.1 Å². The molecule has 1 aliphatic rings. The Hall–Kier alpha value is -0.380. The number of sulfone groups is 1. The lowest BCUT2D eigenvalue weighted by Crippen LogP contribution is -2.59. The maximum Gasteiger partial charge on any atom is 0.267 e. The third-order valence-electron chi connectivity index (χ3n) is 10.8. The van der Waals surface area contributed by atoms with E-state index in [1.807, 2.05) is 0 Å². The number of hydrogen-bond acceptors (Lipinski definition) is 11. The topological polar surface area (TPSA) is 177 Å². The van der Waals surface area contributed by atoms with Crippen LogP contribution in [0.4, 0.5) is 0 Å². The van der Waals surface area contributed by atoms with Crippen LogP contribution in [0.1, 0.15) is 194 Å². The fourth-order valence-electron chi connectivity index (χ4n) is 7.36. The lowest BCUT2D eigenvalue weighted by atomic mass is 9.99. The van der Waals surface area contributed by atoms with Crippen LogP contribution in [0.3, 0.4) is 0 Å². The minimum atomic E-state index is -4.10. The highest BCUT2D eigenvalue weighted by Gasteiger charge is 2.44. The molecule has 330 valence electrons. The lowest BCUT2D eigenvalue weighted by Gasteiger charge is -2.40. The summed E-state index contributed by atoms with van der Waals surface area (Å²) in [6, 6.07) is 0. The molecule has 1 heterocycles. The highest BCUT2D eigenvalue weighted by Crippen LogP contribution is 2.24. The SMILES string of the molecule is CCCCCCCCCCCCCCCCOS(=O)(=O)CC(CO[C@@H]1O[C@H](CO)[C@@H](O)[C@H](O)[C@H]1O)CS(=O)(=O)CCCCCCCCCCCCCCCC. The number of aliphatic hydroxyl groups is 4. The Morgan fingerprint density at radius 2 is 0.927 bits per heavy atom. The van der Waals surface area contributed by atoms with Crippen molar-refractivity contribution in [2.45, 2.75) is 224 Å². The Bertz CT molecular complexity index is 1090. The zero-order valence-electron chi connectivity index (χ0n) is 35.0. The Kier molecular flexibility index (Phi) is 32.0. The second-order valence-corrected chi connectivity index (χ2v) is 20.2. The van der Waals surface area contributed by atoms with Gasteiger partial charge in [0.2, 0.25) is 0 Å². The molecule has 0 aliphatic carbocycles. The fraction of sp³-hybridized carbons (Fsp3) is 1.00. The number of unbranched alkanes of at least 4 members (excludes halogenated alkanes) is 26. The standard InChI is InChI=1S/C42H84O11S2/c1-3-5-7-9-11-13-15-17-19-21-23-25-27-29-31-52-55(49,50)36-37(34-51-42-41(46)40(45)39(44)38(33-43)53-42)35-54(47,48)32-30-28-26-24-22-20-18-16-14-12-10-8-6-4-2/h37-46H,3-36H2,1-2H3/t37?,38-,39-,40+,41-,42-/m1/s1. The van der Waals surface area contributed by atoms with Crippen LogP contribution in [0, 0.1) is 5.92 Å². The molecule has 0 radical (unpaired) electrons. The Labute approximate surface area is 337 Å². The number of hydrogen-bond donors (Lipinski definition) is 4. The van der Waals surface area contributed by atoms with Crippen molar-refractivity contribution in [2.75, 3.05) is 37.1 Å². The molecule has 1 rings (SSSR count). The Morgan fingerprint density at radius 1 is 0.527 bits per heavy atom. The largest absolute Gasteiger partial charge is 0.394 e. The molecule has 13 heteroatoms. The smallest absolute Gasteiger partial charge is 0.267 e. The fourth-order valence-corrected chi connectivity index (χ4v) is 10.5. The minimum Gasteiger partial charge on any atom is -0.394 e. The molecule has 1 fully saturated rings. The van der Waals surface area contributed by atoms with Crippen molar-refractivity contribution in [1.82, 2.24) is 0 Å². The second-order valence-electron chi connectivity index (χ2n) is 16.2. The van der Waals surface area contributed by atoms with E-state index < -0.39 is 81.3 Å². The van der Waals surface area contributed by atoms with Gasteiger partial charge in [0.15, 0.2) is 16.1 Å². The monoisotopic (exact) mass is 829 g/mol. The van der Waals surface area contributed by atoms with Crippen LogP contribution in [-0.4, -0.2) is 105 Å². The van der Waals surface area contributed by atoms with Gasteiger partial charge in [-0.2, -0.15) is 8.42 Å². The van der Waals surface area contributed by atoms with Gasteiger partial charge in [0.1, 0.15) is 24.4 Å². The van der Waals surface area contributed by atoms with E-state index in [-0.39, 0.29) is 12.4 Å². The number of rotatable bonds is 39. The van der Waals surface area contributed by atoms with Gasteiger partial charge in [0.05, 0.1) is 37.1 Å². The molecule has 11 nitrogen and oxygen atoms in total. The molecule has 0 aromatic rings. The summed E-state index contributed by atoms with van der Waals surface area (Å²) in [7, 11) is -7.75. The van der Waals surface area contributed by atoms with Gasteiger partial charge in [-0.1, -0.05) is 181 Å². The first-order valence-electron chi connectivity index (χ1n) is 22.5. The molecule has 4 N–H and O–H groups in total. The van der Waals surface area contributed by atoms with Crippen LogP contribution in [0.25, 0.3) is 0 Å². The molecule has 1 saturated heterocycles. The van der Waals surface area contributed by atoms with Crippen molar-refractivity contribution in [3.8, 4) is 0 Å². The molecule has 0 aromatic carbocycles. The first-order valence-corrected chi connectivity index (χ1v) is 25.9. The van der Waals surface area contributed by atoms with Crippen molar-refractivity contribution in [3.63, 3.8) is 0 Å². The average molecular weight is 829 g/mol. The Morgan fingerprint density at radius 3 is 1.35 bits per heavy atom. The molecular formula is C42H84O11S2. The van der Waals surface area contributed by atoms with Crippen LogP contribution in [0.5, 0.6) is 0 Å². The van der Waals surface area contributed by atoms with Gasteiger partial charge in [-0.3, -0.25) is 4.18 Å². The second kappa shape index (κ2) is 33.5. The summed E-state index contributed by atoms with van der Waals surface area (Å²) >= 11 is 0. The predicted molar refractivity (Wildman–Crippen MR) is 222 cm³/mol. The third-order valence-corrected chi connectivity index (χ3v) is 14.1. The molecule has 0 spiro atoms. The molecule has 0 aromatic heterocycles. The summed E-state index contributed by atoms with van der Waals surface area (Å²) in [5, 5.41) is 40.1. The summed E-state index contributed by atoms with van der Waals surface area (Å²) in [6.07, 6.45) is 25.0. The van der Waals surface area contributed by atoms with Crippen LogP contribution in [-0.2, 0) is 33.6 Å². The molecule has 1 unspecified atom stereocenters. The van der Waals surface area contributed by atoms with Crippen molar-refractivity contribution in [3.05, 3.63) is 0 Å². The van der Waals surface area contributed by atoms with E-state index in [0.29, 0.717) is 12.8 Å². The van der Waals surface area contributed by atoms with Gasteiger partial charge in [0, 0.05) is 5.92 Å². The van der Waals surface area contributed by atoms with E-state index in [0.717, 1.165) is 44.9 Å². The normalized spacial score (nSPS) is 21.3. The average Bonchev–Trinajstić information content (AvgIpc) is 3.14. The summed E-state index contributed by atoms with van der Waals surface area (Å²) in [6.45, 7) is 3.43. The molecule has 0 bridgehead atoms. The Balaban J connectivity index is 2.48. The molecule has 0 amide bonds. The van der Waals surface area contributed by atoms with Gasteiger partial charge < -0.3 is 29.9 Å². The first-order chi connectivity index (χ1) is 26.5. The van der Waals surface area contributed by atoms with Crippen molar-refractivity contribution in [1.29, 1.82) is 0 Å². The van der Waals surface area contributed by atoms with Gasteiger partial charge in [-0.25, -0.2) is 8.42 Å². The van der Waals surface area contributed by atoms with E-state index in [1.54, 1.807) is 0 Å². The van der Waals surface area contributed by atoms with E-state index in [9.17, 15) is 37.3 Å². The summed E-state index contributed by atoms with van der Waals surface area (Å²) in [5.41, 5.74) is 0. The van der Waals surface area contributed by atoms with Crippen molar-refractivity contribution in [2.24, 2.45) is 5.92 Å². The maximum atomic E-state index is 13.2. The summed E-state index contributed by atoms with van der Waals surface area (Å²) in [5.74, 6) is -2.14. The van der Waals surface area contributed by atoms with E-state index in [1.165, 1.54) is 122 Å². The van der Waals surface area contributed by atoms with Crippen LogP contribution in [0.15, 0.2) is 0 Å². The van der Waals surface area contributed by atoms with E-state index in [2.05, 4.69) is 13.8 Å². The van der Waals surface area contributed by atoms with E-state index >= 15 is 0 Å². The maximum absolute atomic E-state index is 13.2. The minimum absolute atomic E-state index is 0.0203. The third kappa shape index (κ3) is 27.9. The lowest BCUT2D eigenvalue weighted by molar-refractivity contribution is -0.302. The van der Waals surface area contributed by atoms with E-state index in [4.69, 9.17) is 13.7 Å². The molecule has 55 heavy (non-hydrogen) atoms. The van der Waals surface area contributed by atoms with Crippen molar-refractivity contribution < 1.29 is 50.9 Å². The zero-order valence-corrected chi connectivity index (χ0v) is 36.6. The first kappa shape index (κ1) is 52.6. The highest BCUT2D eigenvalue weighted by atomic mass is 32.2. The molecule has 0 saturated carbocycles. The predicted octanol–water partition coefficient (Wildman–Crippen LogP) is 8.14. The quantitative estimate of drug-likeness (QED) is 0.0348.